The van der Waals surface area contributed by atoms with Crippen molar-refractivity contribution in [1.29, 1.82) is 0 Å². The topological polar surface area (TPSA) is 55.6 Å². The molecule has 0 aromatic carbocycles. The highest BCUT2D eigenvalue weighted by molar-refractivity contribution is 7.13. The van der Waals surface area contributed by atoms with E-state index in [0.717, 1.165) is 23.7 Å². The predicted molar refractivity (Wildman–Crippen MR) is 53.0 cm³/mol. The van der Waals surface area contributed by atoms with E-state index in [0.29, 0.717) is 6.04 Å². The Morgan fingerprint density at radius 2 is 2.36 bits per heavy atom. The summed E-state index contributed by atoms with van der Waals surface area (Å²) in [4.78, 5) is 5.18. The van der Waals surface area contributed by atoms with Crippen molar-refractivity contribution in [3.05, 3.63) is 17.9 Å². The second-order valence-corrected chi connectivity index (χ2v) is 4.13. The molecule has 6 heteroatoms. The molecule has 2 aromatic heterocycles. The smallest absolute Gasteiger partial charge is 0.101 e. The summed E-state index contributed by atoms with van der Waals surface area (Å²) in [7, 11) is 0. The van der Waals surface area contributed by atoms with Crippen molar-refractivity contribution in [2.24, 2.45) is 0 Å². The van der Waals surface area contributed by atoms with Crippen LogP contribution in [-0.2, 0) is 0 Å². The van der Waals surface area contributed by atoms with Crippen molar-refractivity contribution in [1.82, 2.24) is 25.3 Å². The minimum absolute atomic E-state index is 0.453. The lowest BCUT2D eigenvalue weighted by Crippen LogP contribution is -2.44. The Morgan fingerprint density at radius 3 is 3.00 bits per heavy atom. The van der Waals surface area contributed by atoms with Crippen LogP contribution in [0, 0.1) is 0 Å². The molecule has 3 rings (SSSR count). The summed E-state index contributed by atoms with van der Waals surface area (Å²) in [5, 5.41) is 11.3. The van der Waals surface area contributed by atoms with Crippen LogP contribution in [0.1, 0.15) is 6.04 Å². The van der Waals surface area contributed by atoms with Gasteiger partial charge in [0.1, 0.15) is 5.69 Å². The Balaban J connectivity index is 2.01. The molecular weight excluding hydrogens is 198 g/mol. The summed E-state index contributed by atoms with van der Waals surface area (Å²) in [6.07, 6.45) is 3.65. The van der Waals surface area contributed by atoms with Gasteiger partial charge in [-0.15, -0.1) is 16.4 Å². The highest BCUT2D eigenvalue weighted by atomic mass is 32.1. The van der Waals surface area contributed by atoms with Crippen LogP contribution in [0.4, 0.5) is 0 Å². The third-order valence-electron chi connectivity index (χ3n) is 2.37. The van der Waals surface area contributed by atoms with Crippen molar-refractivity contribution in [2.75, 3.05) is 13.1 Å². The van der Waals surface area contributed by atoms with Gasteiger partial charge >= 0.3 is 0 Å². The van der Waals surface area contributed by atoms with Crippen LogP contribution in [-0.4, -0.2) is 33.1 Å². The van der Waals surface area contributed by atoms with Crippen LogP contribution in [0.2, 0.25) is 0 Å². The fourth-order valence-electron chi connectivity index (χ4n) is 1.48. The highest BCUT2D eigenvalue weighted by Crippen LogP contribution is 2.25. The van der Waals surface area contributed by atoms with Crippen LogP contribution in [0.25, 0.3) is 10.6 Å². The molecule has 2 aromatic rings. The zero-order valence-electron chi connectivity index (χ0n) is 7.42. The van der Waals surface area contributed by atoms with Gasteiger partial charge in [-0.2, -0.15) is 0 Å². The molecule has 0 radical (unpaired) electrons. The van der Waals surface area contributed by atoms with Crippen LogP contribution < -0.4 is 5.32 Å². The summed E-state index contributed by atoms with van der Waals surface area (Å²) in [5.74, 6) is 0. The molecule has 0 unspecified atom stereocenters. The molecule has 5 nitrogen and oxygen atoms in total. The van der Waals surface area contributed by atoms with E-state index in [-0.39, 0.29) is 0 Å². The number of hydrogen-bond donors (Lipinski definition) is 1. The lowest BCUT2D eigenvalue weighted by Gasteiger charge is -2.27. The van der Waals surface area contributed by atoms with Gasteiger partial charge < -0.3 is 5.32 Å². The number of hydrogen-bond acceptors (Lipinski definition) is 5. The van der Waals surface area contributed by atoms with Crippen molar-refractivity contribution < 1.29 is 0 Å². The van der Waals surface area contributed by atoms with E-state index in [9.17, 15) is 0 Å². The Labute approximate surface area is 84.8 Å². The monoisotopic (exact) mass is 207 g/mol. The second kappa shape index (κ2) is 3.14. The van der Waals surface area contributed by atoms with Gasteiger partial charge in [-0.25, -0.2) is 4.68 Å². The molecular formula is C8H9N5S. The zero-order chi connectivity index (χ0) is 9.38. The molecule has 1 fully saturated rings. The van der Waals surface area contributed by atoms with E-state index in [1.54, 1.807) is 17.5 Å². The third kappa shape index (κ3) is 1.15. The molecule has 0 spiro atoms. The van der Waals surface area contributed by atoms with Gasteiger partial charge in [-0.1, -0.05) is 5.21 Å². The maximum atomic E-state index is 4.10. The predicted octanol–water partition coefficient (Wildman–Crippen LogP) is 0.546. The van der Waals surface area contributed by atoms with Crippen LogP contribution in [0.15, 0.2) is 17.9 Å². The van der Waals surface area contributed by atoms with E-state index >= 15 is 0 Å². The molecule has 0 aliphatic carbocycles. The molecule has 0 amide bonds. The Kier molecular flexibility index (Phi) is 1.81. The van der Waals surface area contributed by atoms with Crippen LogP contribution in [0.3, 0.4) is 0 Å². The van der Waals surface area contributed by atoms with Gasteiger partial charge in [0.05, 0.1) is 22.6 Å². The Hall–Kier alpha value is -1.27. The number of nitrogens with zero attached hydrogens (tertiary/aromatic N) is 4. The zero-order valence-corrected chi connectivity index (χ0v) is 8.24. The van der Waals surface area contributed by atoms with Crippen LogP contribution >= 0.6 is 11.3 Å². The summed E-state index contributed by atoms with van der Waals surface area (Å²) in [6, 6.07) is 0.453. The molecule has 1 aliphatic rings. The first kappa shape index (κ1) is 8.07. The largest absolute Gasteiger partial charge is 0.312 e. The number of rotatable bonds is 2. The van der Waals surface area contributed by atoms with Crippen molar-refractivity contribution in [3.8, 4) is 10.6 Å². The average molecular weight is 207 g/mol. The second-order valence-electron chi connectivity index (χ2n) is 3.24. The van der Waals surface area contributed by atoms with Crippen molar-refractivity contribution in [2.45, 2.75) is 6.04 Å². The first-order chi connectivity index (χ1) is 6.95. The van der Waals surface area contributed by atoms with E-state index in [4.69, 9.17) is 0 Å². The Morgan fingerprint density at radius 1 is 1.43 bits per heavy atom. The van der Waals surface area contributed by atoms with Gasteiger partial charge in [0.2, 0.25) is 0 Å². The van der Waals surface area contributed by atoms with E-state index in [2.05, 4.69) is 20.6 Å². The molecule has 0 bridgehead atoms. The van der Waals surface area contributed by atoms with Gasteiger partial charge in [0, 0.05) is 19.3 Å². The van der Waals surface area contributed by atoms with Gasteiger partial charge in [0.25, 0.3) is 0 Å². The molecule has 72 valence electrons. The highest BCUT2D eigenvalue weighted by Gasteiger charge is 2.23. The van der Waals surface area contributed by atoms with Crippen molar-refractivity contribution >= 4 is 11.3 Å². The van der Waals surface area contributed by atoms with E-state index < -0.39 is 0 Å². The maximum absolute atomic E-state index is 4.10. The summed E-state index contributed by atoms with van der Waals surface area (Å²) < 4.78 is 1.98. The molecule has 1 saturated heterocycles. The van der Waals surface area contributed by atoms with Gasteiger partial charge in [-0.3, -0.25) is 4.98 Å². The lowest BCUT2D eigenvalue weighted by molar-refractivity contribution is 0.316. The van der Waals surface area contributed by atoms with Crippen LogP contribution in [0.5, 0.6) is 0 Å². The normalized spacial score (nSPS) is 16.9. The molecule has 0 atom stereocenters. The maximum Gasteiger partial charge on any atom is 0.101 e. The molecule has 3 heterocycles. The number of nitrogens with one attached hydrogen (secondary N) is 1. The SMILES string of the molecule is c1ncc(-c2cnnn2C2CNC2)s1. The Bertz CT molecular complexity index is 417. The summed E-state index contributed by atoms with van der Waals surface area (Å²) in [6.45, 7) is 1.96. The number of aromatic nitrogens is 4. The molecule has 14 heavy (non-hydrogen) atoms. The summed E-state index contributed by atoms with van der Waals surface area (Å²) >= 11 is 1.61. The van der Waals surface area contributed by atoms with E-state index in [1.807, 2.05) is 16.4 Å². The fraction of sp³-hybridized carbons (Fsp3) is 0.375. The fourth-order valence-corrected chi connectivity index (χ4v) is 2.10. The lowest BCUT2D eigenvalue weighted by atomic mass is 10.2. The standard InChI is InChI=1S/C8H9N5S/c1-6(2-9-1)13-7(3-11-12-13)8-4-10-5-14-8/h3-6,9H,1-2H2. The van der Waals surface area contributed by atoms with Gasteiger partial charge in [0.15, 0.2) is 0 Å². The first-order valence-electron chi connectivity index (χ1n) is 4.45. The third-order valence-corrected chi connectivity index (χ3v) is 3.16. The van der Waals surface area contributed by atoms with Gasteiger partial charge in [-0.05, 0) is 0 Å². The summed E-state index contributed by atoms with van der Waals surface area (Å²) in [5.41, 5.74) is 2.89. The first-order valence-corrected chi connectivity index (χ1v) is 5.33. The molecule has 1 N–H and O–H groups in total. The minimum atomic E-state index is 0.453. The molecule has 1 aliphatic heterocycles. The van der Waals surface area contributed by atoms with E-state index in [1.165, 1.54) is 0 Å². The number of thiazole rings is 1. The average Bonchev–Trinajstić information content (AvgIpc) is 2.66. The molecule has 0 saturated carbocycles. The minimum Gasteiger partial charge on any atom is -0.312 e. The quantitative estimate of drug-likeness (QED) is 0.781. The van der Waals surface area contributed by atoms with Crippen molar-refractivity contribution in [3.63, 3.8) is 0 Å².